The van der Waals surface area contributed by atoms with E-state index in [4.69, 9.17) is 5.90 Å². The lowest BCUT2D eigenvalue weighted by Crippen LogP contribution is -2.17. The first kappa shape index (κ1) is 14.7. The summed E-state index contributed by atoms with van der Waals surface area (Å²) in [5, 5.41) is 4.54. The van der Waals surface area contributed by atoms with E-state index in [1.807, 2.05) is 54.6 Å². The number of fused-ring (bicyclic) bond motifs is 1. The van der Waals surface area contributed by atoms with Gasteiger partial charge in [-0.05, 0) is 32.1 Å². The molecule has 0 heterocycles. The maximum atomic E-state index is 12.0. The molecule has 0 bridgehead atoms. The van der Waals surface area contributed by atoms with Crippen LogP contribution in [0.2, 0.25) is 0 Å². The van der Waals surface area contributed by atoms with Gasteiger partial charge < -0.3 is 5.32 Å². The van der Waals surface area contributed by atoms with Gasteiger partial charge in [-0.25, -0.2) is 0 Å². The molecule has 0 aliphatic heterocycles. The van der Waals surface area contributed by atoms with Crippen LogP contribution < -0.4 is 11.2 Å². The largest absolute Gasteiger partial charge is 0.448 e. The molecule has 0 saturated carbocycles. The zero-order chi connectivity index (χ0) is 15.6. The molecule has 111 valence electrons. The fourth-order valence-corrected chi connectivity index (χ4v) is 3.17. The van der Waals surface area contributed by atoms with Gasteiger partial charge in [-0.15, -0.1) is 0 Å². The van der Waals surface area contributed by atoms with E-state index in [9.17, 15) is 8.76 Å². The van der Waals surface area contributed by atoms with Crippen LogP contribution in [0.5, 0.6) is 0 Å². The fourth-order valence-electron chi connectivity index (χ4n) is 2.35. The lowest BCUT2D eigenvalue weighted by Gasteiger charge is -2.11. The molecule has 0 aliphatic carbocycles. The number of nitrogens with two attached hydrogens (primary N) is 1. The molecular formula is C16H14N2O3S+. The van der Waals surface area contributed by atoms with E-state index in [1.54, 1.807) is 6.07 Å². The van der Waals surface area contributed by atoms with Gasteiger partial charge in [0.05, 0.1) is 15.6 Å². The Morgan fingerprint density at radius 3 is 2.27 bits per heavy atom. The van der Waals surface area contributed by atoms with Crippen LogP contribution in [-0.2, 0) is 23.5 Å². The molecule has 0 aliphatic rings. The predicted molar refractivity (Wildman–Crippen MR) is 85.9 cm³/mol. The molecule has 5 nitrogen and oxygen atoms in total. The third kappa shape index (κ3) is 2.72. The highest BCUT2D eigenvalue weighted by atomic mass is 32.3. The average Bonchev–Trinajstić information content (AvgIpc) is 2.55. The number of hydrogen-bond donors (Lipinski definition) is 2. The summed E-state index contributed by atoms with van der Waals surface area (Å²) in [7, 11) is -4.00. The zero-order valence-electron chi connectivity index (χ0n) is 11.6. The van der Waals surface area contributed by atoms with Crippen molar-refractivity contribution in [1.29, 1.82) is 0 Å². The van der Waals surface area contributed by atoms with Gasteiger partial charge >= 0.3 is 10.5 Å². The predicted octanol–water partition coefficient (Wildman–Crippen LogP) is 3.59. The van der Waals surface area contributed by atoms with Crippen molar-refractivity contribution < 1.29 is 13.0 Å². The van der Waals surface area contributed by atoms with Crippen LogP contribution >= 0.6 is 0 Å². The molecule has 1 unspecified atom stereocenters. The summed E-state index contributed by atoms with van der Waals surface area (Å²) in [6.45, 7) is 0. The highest BCUT2D eigenvalue weighted by Gasteiger charge is 2.37. The van der Waals surface area contributed by atoms with Crippen molar-refractivity contribution in [3.8, 4) is 0 Å². The molecule has 3 N–H and O–H groups in total. The zero-order valence-corrected chi connectivity index (χ0v) is 12.4. The van der Waals surface area contributed by atoms with E-state index in [2.05, 4.69) is 9.60 Å². The molecule has 6 heteroatoms. The molecule has 3 aromatic rings. The third-order valence-electron chi connectivity index (χ3n) is 3.32. The second kappa shape index (κ2) is 5.86. The Hall–Kier alpha value is -2.25. The monoisotopic (exact) mass is 314 g/mol. The first-order valence-electron chi connectivity index (χ1n) is 6.59. The molecule has 3 aromatic carbocycles. The summed E-state index contributed by atoms with van der Waals surface area (Å²) in [5.74, 6) is 4.92. The van der Waals surface area contributed by atoms with Crippen molar-refractivity contribution in [3.63, 3.8) is 0 Å². The summed E-state index contributed by atoms with van der Waals surface area (Å²) in [4.78, 5) is 0.0338. The minimum absolute atomic E-state index is 0.0338. The van der Waals surface area contributed by atoms with Crippen LogP contribution in [0.3, 0.4) is 0 Å². The second-order valence-electron chi connectivity index (χ2n) is 4.70. The quantitative estimate of drug-likeness (QED) is 0.569. The van der Waals surface area contributed by atoms with E-state index in [-0.39, 0.29) is 4.90 Å². The SMILES string of the molecule is NO[S+]([O])(=O)c1cccc2cccc(Nc3ccccc3)c12. The summed E-state index contributed by atoms with van der Waals surface area (Å²) < 4.78 is 28.3. The summed E-state index contributed by atoms with van der Waals surface area (Å²) in [5.41, 5.74) is 1.52. The number of benzene rings is 3. The molecule has 0 fully saturated rings. The Bertz CT molecular complexity index is 847. The maximum Gasteiger partial charge on any atom is 0.448 e. The van der Waals surface area contributed by atoms with E-state index in [1.165, 1.54) is 6.07 Å². The summed E-state index contributed by atoms with van der Waals surface area (Å²) in [6.07, 6.45) is 0. The van der Waals surface area contributed by atoms with Crippen molar-refractivity contribution in [1.82, 2.24) is 0 Å². The topological polar surface area (TPSA) is 84.2 Å². The van der Waals surface area contributed by atoms with Crippen molar-refractivity contribution >= 4 is 32.6 Å². The number of para-hydroxylation sites is 1. The number of hydrogen-bond acceptors (Lipinski definition) is 4. The van der Waals surface area contributed by atoms with E-state index < -0.39 is 10.5 Å². The molecule has 3 rings (SSSR count). The smallest absolute Gasteiger partial charge is 0.355 e. The van der Waals surface area contributed by atoms with Crippen LogP contribution in [0.1, 0.15) is 0 Å². The lowest BCUT2D eigenvalue weighted by molar-refractivity contribution is 0.262. The second-order valence-corrected chi connectivity index (χ2v) is 6.24. The molecule has 0 spiro atoms. The van der Waals surface area contributed by atoms with Gasteiger partial charge in [0.25, 0.3) is 0 Å². The molecule has 0 aromatic heterocycles. The standard InChI is InChI=1S/C16H14N2O3S/c17-21-22(19,20)15-11-5-7-12-6-4-10-14(16(12)15)18-13-8-2-1-3-9-13/h1-11,18H,17H2/q+1. The van der Waals surface area contributed by atoms with Gasteiger partial charge in [-0.2, -0.15) is 5.90 Å². The number of rotatable bonds is 4. The number of anilines is 2. The normalized spacial score (nSPS) is 13.7. The Kier molecular flexibility index (Phi) is 3.91. The van der Waals surface area contributed by atoms with Crippen LogP contribution in [-0.4, -0.2) is 0 Å². The van der Waals surface area contributed by atoms with Crippen LogP contribution in [0.15, 0.2) is 71.6 Å². The Balaban J connectivity index is 2.21. The van der Waals surface area contributed by atoms with Crippen molar-refractivity contribution in [3.05, 3.63) is 66.7 Å². The summed E-state index contributed by atoms with van der Waals surface area (Å²) in [6, 6.07) is 20.0. The third-order valence-corrected chi connectivity index (χ3v) is 4.45. The Labute approximate surface area is 129 Å². The van der Waals surface area contributed by atoms with Gasteiger partial charge in [0, 0.05) is 11.8 Å². The van der Waals surface area contributed by atoms with Crippen LogP contribution in [0.25, 0.3) is 10.8 Å². The average molecular weight is 314 g/mol. The molecule has 0 saturated heterocycles. The van der Waals surface area contributed by atoms with Gasteiger partial charge in [0.2, 0.25) is 4.90 Å². The number of nitrogens with one attached hydrogen (secondary N) is 1. The highest BCUT2D eigenvalue weighted by molar-refractivity contribution is 7.93. The molecular weight excluding hydrogens is 300 g/mol. The van der Waals surface area contributed by atoms with E-state index in [0.29, 0.717) is 11.1 Å². The first-order chi connectivity index (χ1) is 10.6. The lowest BCUT2D eigenvalue weighted by atomic mass is 10.1. The minimum atomic E-state index is -4.00. The van der Waals surface area contributed by atoms with Gasteiger partial charge in [0.15, 0.2) is 0 Å². The Morgan fingerprint density at radius 1 is 0.909 bits per heavy atom. The van der Waals surface area contributed by atoms with Gasteiger partial charge in [-0.1, -0.05) is 42.5 Å². The Morgan fingerprint density at radius 2 is 1.59 bits per heavy atom. The molecule has 1 radical (unpaired) electrons. The van der Waals surface area contributed by atoms with Gasteiger partial charge in [0.1, 0.15) is 0 Å². The fraction of sp³-hybridized carbons (Fsp3) is 0. The van der Waals surface area contributed by atoms with Crippen LogP contribution in [0.4, 0.5) is 11.4 Å². The summed E-state index contributed by atoms with van der Waals surface area (Å²) >= 11 is 0. The van der Waals surface area contributed by atoms with E-state index in [0.717, 1.165) is 11.1 Å². The van der Waals surface area contributed by atoms with Crippen molar-refractivity contribution in [2.45, 2.75) is 4.90 Å². The molecule has 0 amide bonds. The molecule has 22 heavy (non-hydrogen) atoms. The highest BCUT2D eigenvalue weighted by Crippen LogP contribution is 2.34. The van der Waals surface area contributed by atoms with Gasteiger partial charge in [-0.3, -0.25) is 0 Å². The molecule has 1 atom stereocenters. The minimum Gasteiger partial charge on any atom is -0.355 e. The first-order valence-corrected chi connectivity index (χ1v) is 8.00. The van der Waals surface area contributed by atoms with Crippen molar-refractivity contribution in [2.24, 2.45) is 5.90 Å². The van der Waals surface area contributed by atoms with E-state index >= 15 is 0 Å². The van der Waals surface area contributed by atoms with Crippen LogP contribution in [0, 0.1) is 0 Å². The maximum absolute atomic E-state index is 12.0. The van der Waals surface area contributed by atoms with Crippen molar-refractivity contribution in [2.75, 3.05) is 5.32 Å².